The number of aliphatic hydroxyl groups is 2. The number of fused-ring (bicyclic) bond motifs is 1. The van der Waals surface area contributed by atoms with Gasteiger partial charge in [-0.2, -0.15) is 4.98 Å². The quantitative estimate of drug-likeness (QED) is 0.541. The van der Waals surface area contributed by atoms with Gasteiger partial charge in [0.15, 0.2) is 11.9 Å². The largest absolute Gasteiger partial charge is 0.391 e. The van der Waals surface area contributed by atoms with Gasteiger partial charge in [0, 0.05) is 6.20 Å². The number of alkyl halides is 1. The first-order valence-electron chi connectivity index (χ1n) is 6.84. The molecule has 0 saturated carbocycles. The Morgan fingerprint density at radius 3 is 3.00 bits per heavy atom. The topological polar surface area (TPSA) is 126 Å². The molecule has 2 aromatic heterocycles. The van der Waals surface area contributed by atoms with E-state index in [4.69, 9.17) is 16.9 Å². The van der Waals surface area contributed by atoms with Gasteiger partial charge in [-0.15, -0.1) is 6.42 Å². The van der Waals surface area contributed by atoms with Crippen molar-refractivity contribution in [2.24, 2.45) is 0 Å². The number of H-pyrrole nitrogens is 1. The second-order valence-corrected chi connectivity index (χ2v) is 5.46. The number of hydrogen-bond acceptors (Lipinski definition) is 6. The molecular formula is C14H15FN4O4. The Bertz CT molecular complexity index is 855. The van der Waals surface area contributed by atoms with Gasteiger partial charge < -0.3 is 25.3 Å². The molecule has 0 spiro atoms. The molecule has 1 aliphatic heterocycles. The predicted molar refractivity (Wildman–Crippen MR) is 79.0 cm³/mol. The van der Waals surface area contributed by atoms with Crippen LogP contribution in [0.2, 0.25) is 0 Å². The zero-order valence-electron chi connectivity index (χ0n) is 12.1. The Labute approximate surface area is 129 Å². The summed E-state index contributed by atoms with van der Waals surface area (Å²) in [4.78, 5) is 18.1. The highest BCUT2D eigenvalue weighted by Crippen LogP contribution is 2.43. The first-order chi connectivity index (χ1) is 10.8. The molecule has 2 unspecified atom stereocenters. The minimum Gasteiger partial charge on any atom is -0.391 e. The molecule has 0 amide bonds. The molecule has 1 fully saturated rings. The second kappa shape index (κ2) is 5.06. The fourth-order valence-electron chi connectivity index (χ4n) is 2.76. The van der Waals surface area contributed by atoms with Gasteiger partial charge in [0.2, 0.25) is 11.6 Å². The minimum absolute atomic E-state index is 0.0620. The van der Waals surface area contributed by atoms with E-state index in [0.717, 1.165) is 0 Å². The molecular weight excluding hydrogens is 307 g/mol. The Morgan fingerprint density at radius 1 is 1.70 bits per heavy atom. The van der Waals surface area contributed by atoms with Crippen LogP contribution in [0, 0.1) is 12.3 Å². The lowest BCUT2D eigenvalue weighted by atomic mass is 9.95. The maximum atomic E-state index is 15.1. The number of ether oxygens (including phenoxy) is 1. The number of nitrogens with one attached hydrogen (secondary N) is 1. The molecule has 1 saturated heterocycles. The molecule has 1 aliphatic rings. The second-order valence-electron chi connectivity index (χ2n) is 5.46. The lowest BCUT2D eigenvalue weighted by Gasteiger charge is -2.24. The van der Waals surface area contributed by atoms with E-state index >= 15 is 4.39 Å². The Balaban J connectivity index is 2.18. The zero-order chi connectivity index (χ0) is 16.9. The summed E-state index contributed by atoms with van der Waals surface area (Å²) >= 11 is 0. The van der Waals surface area contributed by atoms with E-state index in [1.54, 1.807) is 0 Å². The van der Waals surface area contributed by atoms with Crippen molar-refractivity contribution in [3.63, 3.8) is 0 Å². The van der Waals surface area contributed by atoms with Gasteiger partial charge in [-0.05, 0) is 13.0 Å². The van der Waals surface area contributed by atoms with Crippen LogP contribution in [-0.2, 0) is 4.74 Å². The van der Waals surface area contributed by atoms with Crippen LogP contribution in [0.1, 0.15) is 13.2 Å². The molecule has 5 N–H and O–H groups in total. The predicted octanol–water partition coefficient (Wildman–Crippen LogP) is -0.713. The van der Waals surface area contributed by atoms with E-state index in [1.807, 2.05) is 5.92 Å². The Hall–Kier alpha value is -2.41. The monoisotopic (exact) mass is 322 g/mol. The van der Waals surface area contributed by atoms with Crippen LogP contribution in [0.5, 0.6) is 0 Å². The molecule has 0 aliphatic carbocycles. The van der Waals surface area contributed by atoms with Crippen molar-refractivity contribution in [1.29, 1.82) is 0 Å². The summed E-state index contributed by atoms with van der Waals surface area (Å²) in [5.41, 5.74) is 2.47. The van der Waals surface area contributed by atoms with E-state index in [0.29, 0.717) is 0 Å². The molecule has 0 aromatic carbocycles. The number of nitrogen functional groups attached to an aromatic ring is 1. The van der Waals surface area contributed by atoms with Gasteiger partial charge in [-0.3, -0.25) is 9.78 Å². The Kier molecular flexibility index (Phi) is 3.40. The summed E-state index contributed by atoms with van der Waals surface area (Å²) in [6.45, 7) is 1.35. The number of aliphatic hydroxyl groups excluding tert-OH is 2. The summed E-state index contributed by atoms with van der Waals surface area (Å²) in [7, 11) is 0. The van der Waals surface area contributed by atoms with Crippen LogP contribution in [0.15, 0.2) is 17.1 Å². The van der Waals surface area contributed by atoms with Crippen LogP contribution >= 0.6 is 0 Å². The van der Waals surface area contributed by atoms with Crippen molar-refractivity contribution in [1.82, 2.24) is 14.5 Å². The molecule has 3 rings (SSSR count). The first kappa shape index (κ1) is 15.5. The third kappa shape index (κ3) is 2.11. The maximum absolute atomic E-state index is 15.1. The zero-order valence-corrected chi connectivity index (χ0v) is 12.1. The normalized spacial score (nSPS) is 32.0. The highest BCUT2D eigenvalue weighted by atomic mass is 19.1. The molecule has 2 aromatic rings. The number of halogens is 1. The van der Waals surface area contributed by atoms with Gasteiger partial charge >= 0.3 is 0 Å². The molecule has 23 heavy (non-hydrogen) atoms. The van der Waals surface area contributed by atoms with E-state index in [-0.39, 0.29) is 17.0 Å². The average molecular weight is 322 g/mol. The third-order valence-corrected chi connectivity index (χ3v) is 3.94. The first-order valence-corrected chi connectivity index (χ1v) is 6.84. The van der Waals surface area contributed by atoms with E-state index in [1.165, 1.54) is 23.8 Å². The van der Waals surface area contributed by atoms with Gasteiger partial charge in [-0.1, -0.05) is 5.92 Å². The summed E-state index contributed by atoms with van der Waals surface area (Å²) in [6, 6.07) is 1.41. The minimum atomic E-state index is -2.60. The lowest BCUT2D eigenvalue weighted by Crippen LogP contribution is -2.43. The van der Waals surface area contributed by atoms with Crippen molar-refractivity contribution in [2.45, 2.75) is 37.1 Å². The van der Waals surface area contributed by atoms with E-state index in [9.17, 15) is 15.0 Å². The van der Waals surface area contributed by atoms with Crippen LogP contribution in [0.3, 0.4) is 0 Å². The summed E-state index contributed by atoms with van der Waals surface area (Å²) in [5, 5.41) is 19.9. The molecule has 0 bridgehead atoms. The Morgan fingerprint density at radius 2 is 2.39 bits per heavy atom. The molecule has 5 atom stereocenters. The number of rotatable bonds is 2. The number of nitrogens with two attached hydrogens (primary N) is 1. The van der Waals surface area contributed by atoms with Gasteiger partial charge in [-0.25, -0.2) is 4.39 Å². The molecule has 9 heteroatoms. The van der Waals surface area contributed by atoms with Gasteiger partial charge in [0.1, 0.15) is 12.2 Å². The fraction of sp³-hybridized carbons (Fsp3) is 0.429. The van der Waals surface area contributed by atoms with E-state index in [2.05, 4.69) is 9.97 Å². The number of aromatic amines is 1. The average Bonchev–Trinajstić information content (AvgIpc) is 3.00. The number of anilines is 1. The molecule has 8 nitrogen and oxygen atoms in total. The molecule has 3 heterocycles. The van der Waals surface area contributed by atoms with Crippen molar-refractivity contribution in [3.05, 3.63) is 22.6 Å². The van der Waals surface area contributed by atoms with Crippen LogP contribution < -0.4 is 11.3 Å². The third-order valence-electron chi connectivity index (χ3n) is 3.94. The lowest BCUT2D eigenvalue weighted by molar-refractivity contribution is -0.0775. The maximum Gasteiger partial charge on any atom is 0.261 e. The van der Waals surface area contributed by atoms with Gasteiger partial charge in [0.05, 0.1) is 11.5 Å². The number of terminal acetylenes is 1. The number of hydrogen-bond donors (Lipinski definition) is 4. The molecule has 122 valence electrons. The summed E-state index contributed by atoms with van der Waals surface area (Å²) < 4.78 is 21.7. The van der Waals surface area contributed by atoms with Crippen molar-refractivity contribution >= 4 is 17.0 Å². The summed E-state index contributed by atoms with van der Waals surface area (Å²) in [6.07, 6.45) is 1.03. The fourth-order valence-corrected chi connectivity index (χ4v) is 2.76. The number of nitrogens with zero attached hydrogens (tertiary/aromatic N) is 2. The van der Waals surface area contributed by atoms with Crippen LogP contribution in [0.25, 0.3) is 11.0 Å². The van der Waals surface area contributed by atoms with Crippen molar-refractivity contribution in [2.75, 3.05) is 5.73 Å². The number of aromatic nitrogens is 3. The standard InChI is InChI=1S/C14H15FN4O4/c1-3-14(15)9(21)8(6(2)20)23-12(14)19-5-4-7-10(19)17-13(16)18-11(7)22/h1,4-6,8-9,12,20-21H,2H3,(H3,16,17,18,22)/t6-,8+,9?,12+,14?/m0/s1. The SMILES string of the molecule is C#CC1(F)C(O)[C@@H]([C@H](C)O)O[C@H]1n1ccc2c(=O)[nH]c(N)nc21. The van der Waals surface area contributed by atoms with Crippen LogP contribution in [-0.4, -0.2) is 48.7 Å². The van der Waals surface area contributed by atoms with E-state index < -0.39 is 35.8 Å². The van der Waals surface area contributed by atoms with Crippen molar-refractivity contribution < 1.29 is 19.3 Å². The van der Waals surface area contributed by atoms with Crippen LogP contribution in [0.4, 0.5) is 10.3 Å². The smallest absolute Gasteiger partial charge is 0.261 e. The van der Waals surface area contributed by atoms with Gasteiger partial charge in [0.25, 0.3) is 5.56 Å². The highest BCUT2D eigenvalue weighted by Gasteiger charge is 2.58. The molecule has 0 radical (unpaired) electrons. The summed E-state index contributed by atoms with van der Waals surface area (Å²) in [5.74, 6) is 1.73. The van der Waals surface area contributed by atoms with Crippen molar-refractivity contribution in [3.8, 4) is 12.3 Å². The highest BCUT2D eigenvalue weighted by molar-refractivity contribution is 5.76.